The number of benzene rings is 1. The van der Waals surface area contributed by atoms with Gasteiger partial charge in [-0.3, -0.25) is 4.79 Å². The van der Waals surface area contributed by atoms with Crippen LogP contribution in [-0.4, -0.2) is 72.9 Å². The van der Waals surface area contributed by atoms with Gasteiger partial charge >= 0.3 is 5.97 Å². The van der Waals surface area contributed by atoms with Crippen LogP contribution in [0.5, 0.6) is 0 Å². The lowest BCUT2D eigenvalue weighted by Gasteiger charge is -2.43. The van der Waals surface area contributed by atoms with E-state index >= 15 is 0 Å². The number of piperidine rings is 1. The minimum atomic E-state index is -3.98. The SMILES string of the molecule is COC(=O)C12Cc3cnn(-c4ccc(F)cc4)c3C=C1CCN(S(=O)(=O)c1ccc(N3CC[C@@H](F)C3)nc1)C2. The van der Waals surface area contributed by atoms with E-state index in [1.165, 1.54) is 35.8 Å². The van der Waals surface area contributed by atoms with Gasteiger partial charge in [0, 0.05) is 25.8 Å². The number of sulfonamides is 1. The zero-order valence-electron chi connectivity index (χ0n) is 21.3. The maximum absolute atomic E-state index is 13.7. The van der Waals surface area contributed by atoms with Gasteiger partial charge in [-0.1, -0.05) is 0 Å². The lowest BCUT2D eigenvalue weighted by molar-refractivity contribution is -0.151. The summed E-state index contributed by atoms with van der Waals surface area (Å²) in [5.41, 5.74) is 1.76. The molecular formula is C27H27F2N5O4S. The minimum Gasteiger partial charge on any atom is -0.468 e. The Bertz CT molecular complexity index is 1560. The number of nitrogens with zero attached hydrogens (tertiary/aromatic N) is 5. The molecule has 204 valence electrons. The fraction of sp³-hybridized carbons (Fsp3) is 0.370. The summed E-state index contributed by atoms with van der Waals surface area (Å²) in [5, 5.41) is 4.46. The Morgan fingerprint density at radius 2 is 1.92 bits per heavy atom. The predicted molar refractivity (Wildman–Crippen MR) is 139 cm³/mol. The third-order valence-electron chi connectivity index (χ3n) is 7.84. The number of alkyl halides is 1. The number of rotatable bonds is 5. The van der Waals surface area contributed by atoms with Gasteiger partial charge in [0.1, 0.15) is 28.1 Å². The molecule has 0 spiro atoms. The summed E-state index contributed by atoms with van der Waals surface area (Å²) in [4.78, 5) is 19.4. The Kier molecular flexibility index (Phi) is 6.26. The first-order valence-corrected chi connectivity index (χ1v) is 14.1. The van der Waals surface area contributed by atoms with E-state index in [1.54, 1.807) is 34.0 Å². The van der Waals surface area contributed by atoms with Crippen molar-refractivity contribution in [1.29, 1.82) is 0 Å². The van der Waals surface area contributed by atoms with Gasteiger partial charge in [0.2, 0.25) is 10.0 Å². The second kappa shape index (κ2) is 9.53. The number of pyridine rings is 1. The number of aromatic nitrogens is 3. The average Bonchev–Trinajstić information content (AvgIpc) is 3.57. The van der Waals surface area contributed by atoms with Crippen molar-refractivity contribution in [3.63, 3.8) is 0 Å². The summed E-state index contributed by atoms with van der Waals surface area (Å²) in [5.74, 6) is -0.343. The Morgan fingerprint density at radius 1 is 1.13 bits per heavy atom. The number of fused-ring (bicyclic) bond motifs is 2. The van der Waals surface area contributed by atoms with Crippen LogP contribution in [-0.2, 0) is 26.0 Å². The highest BCUT2D eigenvalue weighted by Gasteiger charge is 2.51. The summed E-state index contributed by atoms with van der Waals surface area (Å²) >= 11 is 0. The fourth-order valence-corrected chi connectivity index (χ4v) is 7.21. The molecule has 0 bridgehead atoms. The van der Waals surface area contributed by atoms with E-state index < -0.39 is 27.6 Å². The number of methoxy groups -OCH3 is 1. The van der Waals surface area contributed by atoms with E-state index in [9.17, 15) is 22.0 Å². The molecule has 12 heteroatoms. The van der Waals surface area contributed by atoms with Crippen molar-refractivity contribution in [3.05, 3.63) is 71.4 Å². The van der Waals surface area contributed by atoms with Crippen molar-refractivity contribution in [1.82, 2.24) is 19.1 Å². The van der Waals surface area contributed by atoms with E-state index in [-0.39, 0.29) is 36.8 Å². The standard InChI is InChI=1S/C27H27F2N5O4S/c1-38-26(35)27-13-18-14-31-34(22-4-2-20(28)3-5-22)24(18)12-19(27)8-11-33(17-27)39(36,37)23-6-7-25(30-15-23)32-10-9-21(29)16-32/h2-7,12,14-15,21H,8-11,13,16-17H2,1H3/t21-,27?/m1/s1. The predicted octanol–water partition coefficient (Wildman–Crippen LogP) is 3.15. The molecule has 0 radical (unpaired) electrons. The molecule has 0 N–H and O–H groups in total. The topological polar surface area (TPSA) is 97.6 Å². The van der Waals surface area contributed by atoms with Crippen LogP contribution in [0.15, 0.2) is 59.3 Å². The smallest absolute Gasteiger partial charge is 0.317 e. The van der Waals surface area contributed by atoms with E-state index in [4.69, 9.17) is 4.74 Å². The first-order chi connectivity index (χ1) is 18.7. The molecule has 9 nitrogen and oxygen atoms in total. The second-order valence-corrected chi connectivity index (χ2v) is 12.1. The number of ether oxygens (including phenoxy) is 1. The highest BCUT2D eigenvalue weighted by Crippen LogP contribution is 2.46. The number of halogens is 2. The van der Waals surface area contributed by atoms with Gasteiger partial charge in [0.15, 0.2) is 0 Å². The van der Waals surface area contributed by atoms with E-state index in [0.29, 0.717) is 30.9 Å². The number of carbonyl (C=O) groups excluding carboxylic acids is 1. The number of esters is 1. The van der Waals surface area contributed by atoms with Crippen LogP contribution in [0, 0.1) is 11.2 Å². The van der Waals surface area contributed by atoms with Crippen LogP contribution >= 0.6 is 0 Å². The summed E-state index contributed by atoms with van der Waals surface area (Å²) in [6, 6.07) is 9.02. The third kappa shape index (κ3) is 4.31. The molecule has 2 aromatic heterocycles. The maximum Gasteiger partial charge on any atom is 0.317 e. The lowest BCUT2D eigenvalue weighted by atomic mass is 9.69. The number of hydrogen-bond acceptors (Lipinski definition) is 7. The third-order valence-corrected chi connectivity index (χ3v) is 9.67. The Morgan fingerprint density at radius 3 is 2.59 bits per heavy atom. The highest BCUT2D eigenvalue weighted by molar-refractivity contribution is 7.89. The van der Waals surface area contributed by atoms with Crippen molar-refractivity contribution in [2.24, 2.45) is 5.41 Å². The van der Waals surface area contributed by atoms with E-state index in [1.807, 2.05) is 6.08 Å². The second-order valence-electron chi connectivity index (χ2n) is 10.1. The first kappa shape index (κ1) is 25.6. The van der Waals surface area contributed by atoms with Crippen LogP contribution in [0.4, 0.5) is 14.6 Å². The number of carbonyl (C=O) groups is 1. The Hall–Kier alpha value is -3.64. The summed E-state index contributed by atoms with van der Waals surface area (Å²) in [6.45, 7) is 0.849. The number of hydrogen-bond donors (Lipinski definition) is 0. The molecule has 2 atom stereocenters. The molecular weight excluding hydrogens is 528 g/mol. The van der Waals surface area contributed by atoms with Crippen molar-refractivity contribution >= 4 is 27.9 Å². The van der Waals surface area contributed by atoms with Crippen LogP contribution < -0.4 is 4.90 Å². The Balaban J connectivity index is 1.30. The van der Waals surface area contributed by atoms with E-state index in [0.717, 1.165) is 16.8 Å². The first-order valence-electron chi connectivity index (χ1n) is 12.7. The molecule has 0 amide bonds. The zero-order valence-corrected chi connectivity index (χ0v) is 22.1. The fourth-order valence-electron chi connectivity index (χ4n) is 5.76. The Labute approximate surface area is 224 Å². The van der Waals surface area contributed by atoms with Crippen molar-refractivity contribution in [2.45, 2.75) is 30.3 Å². The van der Waals surface area contributed by atoms with Gasteiger partial charge in [0.05, 0.1) is 31.2 Å². The molecule has 1 unspecified atom stereocenters. The van der Waals surface area contributed by atoms with Crippen molar-refractivity contribution < 1.29 is 26.7 Å². The normalized spacial score (nSPS) is 23.2. The lowest BCUT2D eigenvalue weighted by Crippen LogP contribution is -2.53. The molecule has 4 heterocycles. The highest BCUT2D eigenvalue weighted by atomic mass is 32.2. The van der Waals surface area contributed by atoms with Gasteiger partial charge in [-0.2, -0.15) is 9.40 Å². The summed E-state index contributed by atoms with van der Waals surface area (Å²) < 4.78 is 62.6. The quantitative estimate of drug-likeness (QED) is 0.446. The largest absolute Gasteiger partial charge is 0.468 e. The molecule has 2 fully saturated rings. The van der Waals surface area contributed by atoms with E-state index in [2.05, 4.69) is 10.1 Å². The van der Waals surface area contributed by atoms with Gasteiger partial charge < -0.3 is 9.64 Å². The average molecular weight is 556 g/mol. The molecule has 3 aromatic rings. The maximum atomic E-state index is 13.7. The van der Waals surface area contributed by atoms with Crippen LogP contribution in [0.2, 0.25) is 0 Å². The van der Waals surface area contributed by atoms with Crippen LogP contribution in [0.25, 0.3) is 11.8 Å². The molecule has 1 aromatic carbocycles. The zero-order chi connectivity index (χ0) is 27.4. The molecule has 1 aliphatic carbocycles. The van der Waals surface area contributed by atoms with Crippen LogP contribution in [0.3, 0.4) is 0 Å². The summed E-state index contributed by atoms with van der Waals surface area (Å²) in [6.07, 6.45) is 4.85. The monoisotopic (exact) mass is 555 g/mol. The minimum absolute atomic E-state index is 0.00955. The van der Waals surface area contributed by atoms with Gasteiger partial charge in [0.25, 0.3) is 0 Å². The molecule has 6 rings (SSSR count). The van der Waals surface area contributed by atoms with Gasteiger partial charge in [-0.05, 0) is 72.9 Å². The molecule has 3 aliphatic rings. The van der Waals surface area contributed by atoms with Gasteiger partial charge in [-0.25, -0.2) is 26.9 Å². The van der Waals surface area contributed by atoms with Gasteiger partial charge in [-0.15, -0.1) is 0 Å². The van der Waals surface area contributed by atoms with Crippen molar-refractivity contribution in [3.8, 4) is 5.69 Å². The van der Waals surface area contributed by atoms with Crippen LogP contribution in [0.1, 0.15) is 24.1 Å². The molecule has 0 saturated carbocycles. The molecule has 39 heavy (non-hydrogen) atoms. The van der Waals surface area contributed by atoms with Crippen molar-refractivity contribution in [2.75, 3.05) is 38.2 Å². The molecule has 2 aliphatic heterocycles. The summed E-state index contributed by atoms with van der Waals surface area (Å²) in [7, 11) is -2.68. The number of anilines is 1. The molecule has 2 saturated heterocycles.